The van der Waals surface area contributed by atoms with Crippen LogP contribution < -0.4 is 0 Å². The fourth-order valence-corrected chi connectivity index (χ4v) is 1.65. The first-order valence-corrected chi connectivity index (χ1v) is 5.95. The summed E-state index contributed by atoms with van der Waals surface area (Å²) in [4.78, 5) is 23.8. The molecule has 0 amide bonds. The Hall–Kier alpha value is -1.51. The zero-order valence-electron chi connectivity index (χ0n) is 11.5. The van der Waals surface area contributed by atoms with Crippen LogP contribution in [0.1, 0.15) is 42.3 Å². The average Bonchev–Trinajstić information content (AvgIpc) is 2.28. The van der Waals surface area contributed by atoms with Gasteiger partial charge >= 0.3 is 0 Å². The molecular formula is C15H19FO2. The van der Waals surface area contributed by atoms with E-state index in [2.05, 4.69) is 0 Å². The number of ketones is 2. The maximum absolute atomic E-state index is 14.0. The summed E-state index contributed by atoms with van der Waals surface area (Å²) in [5.74, 6) is -1.41. The van der Waals surface area contributed by atoms with Gasteiger partial charge in [-0.15, -0.1) is 0 Å². The second-order valence-electron chi connectivity index (χ2n) is 5.59. The van der Waals surface area contributed by atoms with Crippen molar-refractivity contribution >= 4 is 11.6 Å². The van der Waals surface area contributed by atoms with Gasteiger partial charge in [-0.2, -0.15) is 0 Å². The minimum atomic E-state index is -2.08. The number of rotatable bonds is 3. The molecule has 0 aliphatic heterocycles. The zero-order valence-corrected chi connectivity index (χ0v) is 11.5. The first-order chi connectivity index (χ1) is 8.16. The SMILES string of the molecule is Cc1cccc(C(=O)C(F)C(=O)C(C)(C)C)c1C. The van der Waals surface area contributed by atoms with Crippen molar-refractivity contribution in [3.8, 4) is 0 Å². The molecule has 0 bridgehead atoms. The largest absolute Gasteiger partial charge is 0.295 e. The lowest BCUT2D eigenvalue weighted by Crippen LogP contribution is -2.35. The van der Waals surface area contributed by atoms with Crippen molar-refractivity contribution in [2.75, 3.05) is 0 Å². The average molecular weight is 250 g/mol. The molecule has 1 aromatic rings. The highest BCUT2D eigenvalue weighted by Crippen LogP contribution is 2.22. The van der Waals surface area contributed by atoms with E-state index >= 15 is 0 Å². The van der Waals surface area contributed by atoms with Crippen molar-refractivity contribution in [1.82, 2.24) is 0 Å². The van der Waals surface area contributed by atoms with Crippen LogP contribution in [0.25, 0.3) is 0 Å². The lowest BCUT2D eigenvalue weighted by molar-refractivity contribution is -0.129. The van der Waals surface area contributed by atoms with Gasteiger partial charge in [0.1, 0.15) is 0 Å². The summed E-state index contributed by atoms with van der Waals surface area (Å²) in [5, 5.41) is 0. The highest BCUT2D eigenvalue weighted by Gasteiger charge is 2.35. The van der Waals surface area contributed by atoms with Crippen molar-refractivity contribution in [3.63, 3.8) is 0 Å². The number of halogens is 1. The molecule has 1 unspecified atom stereocenters. The fraction of sp³-hybridized carbons (Fsp3) is 0.467. The van der Waals surface area contributed by atoms with E-state index in [-0.39, 0.29) is 0 Å². The highest BCUT2D eigenvalue weighted by molar-refractivity contribution is 6.15. The molecule has 0 spiro atoms. The summed E-state index contributed by atoms with van der Waals surface area (Å²) < 4.78 is 14.0. The third-order valence-corrected chi connectivity index (χ3v) is 3.07. The van der Waals surface area contributed by atoms with E-state index in [1.807, 2.05) is 13.0 Å². The fourth-order valence-electron chi connectivity index (χ4n) is 1.65. The molecule has 18 heavy (non-hydrogen) atoms. The third-order valence-electron chi connectivity index (χ3n) is 3.07. The van der Waals surface area contributed by atoms with Gasteiger partial charge in [0.15, 0.2) is 5.78 Å². The monoisotopic (exact) mass is 250 g/mol. The molecule has 0 aliphatic rings. The van der Waals surface area contributed by atoms with Crippen molar-refractivity contribution in [3.05, 3.63) is 34.9 Å². The van der Waals surface area contributed by atoms with E-state index in [9.17, 15) is 14.0 Å². The first kappa shape index (κ1) is 14.6. The molecule has 3 heteroatoms. The molecule has 0 fully saturated rings. The van der Waals surface area contributed by atoms with Gasteiger partial charge in [0.25, 0.3) is 0 Å². The van der Waals surface area contributed by atoms with E-state index in [0.717, 1.165) is 11.1 Å². The van der Waals surface area contributed by atoms with Gasteiger partial charge in [0.05, 0.1) is 0 Å². The molecule has 2 nitrogen and oxygen atoms in total. The van der Waals surface area contributed by atoms with Crippen LogP contribution in [0.5, 0.6) is 0 Å². The number of hydrogen-bond acceptors (Lipinski definition) is 2. The van der Waals surface area contributed by atoms with Crippen molar-refractivity contribution in [2.45, 2.75) is 40.8 Å². The molecule has 0 radical (unpaired) electrons. The molecule has 0 saturated heterocycles. The van der Waals surface area contributed by atoms with Crippen LogP contribution in [0.3, 0.4) is 0 Å². The Morgan fingerprint density at radius 3 is 2.22 bits per heavy atom. The topological polar surface area (TPSA) is 34.1 Å². The van der Waals surface area contributed by atoms with Crippen LogP contribution in [-0.4, -0.2) is 17.7 Å². The standard InChI is InChI=1S/C15H19FO2/c1-9-7-6-8-11(10(9)2)13(17)12(16)14(18)15(3,4)5/h6-8,12H,1-5H3. The Bertz CT molecular complexity index is 484. The van der Waals surface area contributed by atoms with Gasteiger partial charge in [-0.3, -0.25) is 9.59 Å². The smallest absolute Gasteiger partial charge is 0.221 e. The Balaban J connectivity index is 3.09. The van der Waals surface area contributed by atoms with E-state index in [4.69, 9.17) is 0 Å². The minimum Gasteiger partial charge on any atom is -0.295 e. The van der Waals surface area contributed by atoms with Gasteiger partial charge in [0.2, 0.25) is 12.0 Å². The number of hydrogen-bond donors (Lipinski definition) is 0. The summed E-state index contributed by atoms with van der Waals surface area (Å²) in [7, 11) is 0. The molecule has 0 aliphatic carbocycles. The van der Waals surface area contributed by atoms with Crippen LogP contribution in [0.2, 0.25) is 0 Å². The molecule has 0 heterocycles. The number of carbonyl (C=O) groups excluding carboxylic acids is 2. The summed E-state index contributed by atoms with van der Waals surface area (Å²) in [6.07, 6.45) is -2.08. The van der Waals surface area contributed by atoms with Crippen molar-refractivity contribution in [2.24, 2.45) is 5.41 Å². The Kier molecular flexibility index (Phi) is 4.05. The molecule has 0 saturated carbocycles. The van der Waals surface area contributed by atoms with Crippen LogP contribution in [0.4, 0.5) is 4.39 Å². The number of aryl methyl sites for hydroxylation is 1. The Labute approximate surface area is 107 Å². The zero-order chi connectivity index (χ0) is 14.1. The van der Waals surface area contributed by atoms with Gasteiger partial charge < -0.3 is 0 Å². The molecular weight excluding hydrogens is 231 g/mol. The molecule has 0 aromatic heterocycles. The number of benzene rings is 1. The Morgan fingerprint density at radius 2 is 1.72 bits per heavy atom. The second-order valence-corrected chi connectivity index (χ2v) is 5.59. The molecule has 1 aromatic carbocycles. The normalized spacial score (nSPS) is 13.2. The van der Waals surface area contributed by atoms with Crippen molar-refractivity contribution in [1.29, 1.82) is 0 Å². The molecule has 1 atom stereocenters. The summed E-state index contributed by atoms with van der Waals surface area (Å²) >= 11 is 0. The van der Waals surface area contributed by atoms with Crippen molar-refractivity contribution < 1.29 is 14.0 Å². The van der Waals surface area contributed by atoms with Gasteiger partial charge in [0, 0.05) is 11.0 Å². The number of alkyl halides is 1. The highest BCUT2D eigenvalue weighted by atomic mass is 19.1. The predicted molar refractivity (Wildman–Crippen MR) is 69.6 cm³/mol. The summed E-state index contributed by atoms with van der Waals surface area (Å²) in [6.45, 7) is 8.44. The second kappa shape index (κ2) is 5.01. The van der Waals surface area contributed by atoms with E-state index in [1.54, 1.807) is 39.8 Å². The predicted octanol–water partition coefficient (Wildman–Crippen LogP) is 3.44. The Morgan fingerprint density at radius 1 is 1.17 bits per heavy atom. The van der Waals surface area contributed by atoms with E-state index in [1.165, 1.54) is 0 Å². The van der Waals surface area contributed by atoms with Crippen LogP contribution in [0.15, 0.2) is 18.2 Å². The van der Waals surface area contributed by atoms with Crippen LogP contribution in [-0.2, 0) is 4.79 Å². The first-order valence-electron chi connectivity index (χ1n) is 5.95. The summed E-state index contributed by atoms with van der Waals surface area (Å²) in [6, 6.07) is 5.11. The van der Waals surface area contributed by atoms with Crippen LogP contribution in [0, 0.1) is 19.3 Å². The molecule has 1 rings (SSSR count). The maximum Gasteiger partial charge on any atom is 0.221 e. The maximum atomic E-state index is 14.0. The number of carbonyl (C=O) groups is 2. The quantitative estimate of drug-likeness (QED) is 0.608. The van der Waals surface area contributed by atoms with E-state index < -0.39 is 23.2 Å². The lowest BCUT2D eigenvalue weighted by atomic mass is 9.85. The van der Waals surface area contributed by atoms with Gasteiger partial charge in [-0.1, -0.05) is 39.0 Å². The van der Waals surface area contributed by atoms with Gasteiger partial charge in [-0.05, 0) is 25.0 Å². The summed E-state index contributed by atoms with van der Waals surface area (Å²) in [5.41, 5.74) is 1.08. The minimum absolute atomic E-state index is 0.292. The lowest BCUT2D eigenvalue weighted by Gasteiger charge is -2.19. The van der Waals surface area contributed by atoms with Crippen LogP contribution >= 0.6 is 0 Å². The number of Topliss-reactive ketones (excluding diaryl/α,β-unsaturated/α-hetero) is 2. The van der Waals surface area contributed by atoms with E-state index in [0.29, 0.717) is 5.56 Å². The molecule has 0 N–H and O–H groups in total. The third kappa shape index (κ3) is 2.84. The molecule has 98 valence electrons. The van der Waals surface area contributed by atoms with Gasteiger partial charge in [-0.25, -0.2) is 4.39 Å².